The van der Waals surface area contributed by atoms with E-state index >= 15 is 0 Å². The molecule has 25 heavy (non-hydrogen) atoms. The summed E-state index contributed by atoms with van der Waals surface area (Å²) in [6, 6.07) is 13.7. The van der Waals surface area contributed by atoms with Gasteiger partial charge < -0.3 is 5.32 Å². The number of aryl methyl sites for hydroxylation is 1. The number of aromatic nitrogens is 4. The number of carbonyl (C=O) groups is 1. The van der Waals surface area contributed by atoms with Crippen molar-refractivity contribution in [1.82, 2.24) is 20.0 Å². The fourth-order valence-corrected chi connectivity index (χ4v) is 2.73. The number of H-pyrrole nitrogens is 1. The second kappa shape index (κ2) is 7.34. The number of aromatic amines is 1. The second-order valence-electron chi connectivity index (χ2n) is 6.64. The second-order valence-corrected chi connectivity index (χ2v) is 6.64. The van der Waals surface area contributed by atoms with E-state index in [0.29, 0.717) is 24.0 Å². The van der Waals surface area contributed by atoms with Crippen molar-refractivity contribution >= 4 is 11.7 Å². The maximum atomic E-state index is 12.5. The fraction of sp³-hybridized carbons (Fsp3) is 0.316. The van der Waals surface area contributed by atoms with E-state index in [-0.39, 0.29) is 5.91 Å². The van der Waals surface area contributed by atoms with Crippen LogP contribution in [0.3, 0.4) is 0 Å². The third-order valence-corrected chi connectivity index (χ3v) is 3.81. The lowest BCUT2D eigenvalue weighted by Crippen LogP contribution is -2.16. The Bertz CT molecular complexity index is 848. The minimum Gasteiger partial charge on any atom is -0.305 e. The van der Waals surface area contributed by atoms with Crippen LogP contribution >= 0.6 is 0 Å². The summed E-state index contributed by atoms with van der Waals surface area (Å²) in [7, 11) is 0. The summed E-state index contributed by atoms with van der Waals surface area (Å²) in [5.41, 5.74) is 3.34. The highest BCUT2D eigenvalue weighted by atomic mass is 16.2. The molecule has 1 amide bonds. The van der Waals surface area contributed by atoms with E-state index < -0.39 is 0 Å². The molecule has 0 fully saturated rings. The molecule has 6 nitrogen and oxygen atoms in total. The van der Waals surface area contributed by atoms with Gasteiger partial charge in [0.25, 0.3) is 5.91 Å². The molecule has 1 aromatic carbocycles. The Labute approximate surface area is 147 Å². The number of carbonyl (C=O) groups excluding carboxylic acids is 1. The first-order valence-electron chi connectivity index (χ1n) is 8.45. The van der Waals surface area contributed by atoms with E-state index in [1.807, 2.05) is 43.3 Å². The van der Waals surface area contributed by atoms with Crippen molar-refractivity contribution < 1.29 is 4.79 Å². The third-order valence-electron chi connectivity index (χ3n) is 3.81. The van der Waals surface area contributed by atoms with Gasteiger partial charge in [-0.15, -0.1) is 0 Å². The summed E-state index contributed by atoms with van der Waals surface area (Å²) in [5.74, 6) is 0.937. The molecule has 3 aromatic rings. The summed E-state index contributed by atoms with van der Waals surface area (Å²) < 4.78 is 1.80. The smallest absolute Gasteiger partial charge is 0.277 e. The Balaban J connectivity index is 1.74. The van der Waals surface area contributed by atoms with Crippen molar-refractivity contribution in [3.63, 3.8) is 0 Å². The normalized spacial score (nSPS) is 11.0. The highest BCUT2D eigenvalue weighted by Crippen LogP contribution is 2.15. The van der Waals surface area contributed by atoms with Gasteiger partial charge in [-0.25, -0.2) is 4.68 Å². The van der Waals surface area contributed by atoms with Crippen LogP contribution in [0.15, 0.2) is 42.5 Å². The molecule has 2 N–H and O–H groups in total. The molecule has 0 atom stereocenters. The molecule has 0 saturated heterocycles. The van der Waals surface area contributed by atoms with Gasteiger partial charge in [-0.3, -0.25) is 9.89 Å². The fourth-order valence-electron chi connectivity index (χ4n) is 2.73. The largest absolute Gasteiger partial charge is 0.305 e. The monoisotopic (exact) mass is 337 g/mol. The number of anilines is 1. The van der Waals surface area contributed by atoms with E-state index in [1.165, 1.54) is 0 Å². The lowest BCUT2D eigenvalue weighted by atomic mass is 10.1. The van der Waals surface area contributed by atoms with Crippen molar-refractivity contribution in [3.05, 3.63) is 65.1 Å². The summed E-state index contributed by atoms with van der Waals surface area (Å²) in [6.45, 7) is 6.77. The van der Waals surface area contributed by atoms with Crippen LogP contribution < -0.4 is 5.32 Å². The van der Waals surface area contributed by atoms with E-state index in [9.17, 15) is 4.79 Å². The minimum absolute atomic E-state index is 0.236. The standard InChI is InChI=1S/C19H23N5O/c1-13(2)9-16-11-17(22-21-16)19(25)20-18-10-14(3)23-24(18)12-15-7-5-4-6-8-15/h4-8,10-11,13H,9,12H2,1-3H3,(H,20,25)(H,21,22). The maximum Gasteiger partial charge on any atom is 0.277 e. The number of rotatable bonds is 6. The Kier molecular flexibility index (Phi) is 4.97. The van der Waals surface area contributed by atoms with Gasteiger partial charge in [0.15, 0.2) is 5.69 Å². The Hall–Kier alpha value is -2.89. The Morgan fingerprint density at radius 3 is 2.72 bits per heavy atom. The van der Waals surface area contributed by atoms with Crippen LogP contribution in [0.2, 0.25) is 0 Å². The summed E-state index contributed by atoms with van der Waals surface area (Å²) in [4.78, 5) is 12.5. The van der Waals surface area contributed by atoms with Crippen molar-refractivity contribution in [1.29, 1.82) is 0 Å². The molecule has 0 spiro atoms. The molecule has 0 saturated carbocycles. The molecule has 130 valence electrons. The molecule has 2 heterocycles. The van der Waals surface area contributed by atoms with Crippen LogP contribution in [-0.4, -0.2) is 25.9 Å². The quantitative estimate of drug-likeness (QED) is 0.724. The Morgan fingerprint density at radius 2 is 2.00 bits per heavy atom. The predicted molar refractivity (Wildman–Crippen MR) is 97.6 cm³/mol. The van der Waals surface area contributed by atoms with E-state index in [2.05, 4.69) is 34.5 Å². The zero-order valence-corrected chi connectivity index (χ0v) is 14.8. The van der Waals surface area contributed by atoms with Crippen LogP contribution in [0.5, 0.6) is 0 Å². The lowest BCUT2D eigenvalue weighted by Gasteiger charge is -2.08. The van der Waals surface area contributed by atoms with E-state index in [4.69, 9.17) is 0 Å². The highest BCUT2D eigenvalue weighted by Gasteiger charge is 2.15. The number of nitrogens with zero attached hydrogens (tertiary/aromatic N) is 3. The van der Waals surface area contributed by atoms with Gasteiger partial charge in [0.05, 0.1) is 12.2 Å². The van der Waals surface area contributed by atoms with Crippen molar-refractivity contribution in [2.45, 2.75) is 33.7 Å². The van der Waals surface area contributed by atoms with Gasteiger partial charge in [0.1, 0.15) is 5.82 Å². The zero-order valence-electron chi connectivity index (χ0n) is 14.8. The topological polar surface area (TPSA) is 75.6 Å². The molecule has 0 radical (unpaired) electrons. The first-order chi connectivity index (χ1) is 12.0. The first-order valence-corrected chi connectivity index (χ1v) is 8.45. The number of hydrogen-bond donors (Lipinski definition) is 2. The van der Waals surface area contributed by atoms with E-state index in [1.54, 1.807) is 10.7 Å². The van der Waals surface area contributed by atoms with Crippen molar-refractivity contribution in [3.8, 4) is 0 Å². The third kappa shape index (κ3) is 4.35. The number of benzene rings is 1. The van der Waals surface area contributed by atoms with Crippen LogP contribution in [0.4, 0.5) is 5.82 Å². The molecule has 6 heteroatoms. The van der Waals surface area contributed by atoms with Gasteiger partial charge in [0, 0.05) is 11.8 Å². The van der Waals surface area contributed by atoms with Gasteiger partial charge in [-0.2, -0.15) is 10.2 Å². The van der Waals surface area contributed by atoms with Gasteiger partial charge in [0.2, 0.25) is 0 Å². The molecular weight excluding hydrogens is 314 g/mol. The average molecular weight is 337 g/mol. The van der Waals surface area contributed by atoms with Crippen LogP contribution in [0, 0.1) is 12.8 Å². The molecule has 2 aromatic heterocycles. The summed E-state index contributed by atoms with van der Waals surface area (Å²) in [5, 5.41) is 14.4. The molecule has 0 aliphatic carbocycles. The molecule has 0 aliphatic heterocycles. The SMILES string of the molecule is Cc1cc(NC(=O)c2cc(CC(C)C)[nH]n2)n(Cc2ccccc2)n1. The van der Waals surface area contributed by atoms with E-state index in [0.717, 1.165) is 23.4 Å². The molecular formula is C19H23N5O. The molecule has 3 rings (SSSR count). The maximum absolute atomic E-state index is 12.5. The Morgan fingerprint density at radius 1 is 1.24 bits per heavy atom. The molecule has 0 unspecified atom stereocenters. The summed E-state index contributed by atoms with van der Waals surface area (Å²) >= 11 is 0. The zero-order chi connectivity index (χ0) is 17.8. The minimum atomic E-state index is -0.236. The van der Waals surface area contributed by atoms with Gasteiger partial charge >= 0.3 is 0 Å². The summed E-state index contributed by atoms with van der Waals surface area (Å²) in [6.07, 6.45) is 0.866. The highest BCUT2D eigenvalue weighted by molar-refractivity contribution is 6.02. The number of amides is 1. The van der Waals surface area contributed by atoms with Gasteiger partial charge in [-0.05, 0) is 30.9 Å². The average Bonchev–Trinajstić information content (AvgIpc) is 3.15. The molecule has 0 aliphatic rings. The lowest BCUT2D eigenvalue weighted by molar-refractivity contribution is 0.102. The van der Waals surface area contributed by atoms with Gasteiger partial charge in [-0.1, -0.05) is 44.2 Å². The first kappa shape index (κ1) is 17.0. The van der Waals surface area contributed by atoms with Crippen LogP contribution in [0.25, 0.3) is 0 Å². The van der Waals surface area contributed by atoms with Crippen LogP contribution in [0.1, 0.15) is 41.3 Å². The van der Waals surface area contributed by atoms with Crippen LogP contribution in [-0.2, 0) is 13.0 Å². The number of nitrogens with one attached hydrogen (secondary N) is 2. The van der Waals surface area contributed by atoms with Crippen molar-refractivity contribution in [2.24, 2.45) is 5.92 Å². The number of hydrogen-bond acceptors (Lipinski definition) is 3. The van der Waals surface area contributed by atoms with Crippen molar-refractivity contribution in [2.75, 3.05) is 5.32 Å². The predicted octanol–water partition coefficient (Wildman–Crippen LogP) is 3.41. The molecule has 0 bridgehead atoms.